The van der Waals surface area contributed by atoms with Crippen LogP contribution in [0.2, 0.25) is 0 Å². The van der Waals surface area contributed by atoms with Crippen LogP contribution in [-0.4, -0.2) is 24.3 Å². The molecule has 0 aliphatic carbocycles. The van der Waals surface area contributed by atoms with Gasteiger partial charge in [0.15, 0.2) is 0 Å². The molecule has 2 atom stereocenters. The van der Waals surface area contributed by atoms with Gasteiger partial charge in [0.25, 0.3) is 0 Å². The molecular formula is C12H14O3. The standard InChI is InChI=1S/C12H14O3/c13-7-11(9-4-2-1-3-5-9)10-6-12(14)15-8-10/h1-5,10-11,13H,6-8H2/t10-,11+/m0/s1. The first-order chi connectivity index (χ1) is 7.31. The minimum absolute atomic E-state index is 0.0117. The highest BCUT2D eigenvalue weighted by molar-refractivity contribution is 5.71. The van der Waals surface area contributed by atoms with Crippen LogP contribution in [-0.2, 0) is 9.53 Å². The van der Waals surface area contributed by atoms with Gasteiger partial charge in [0.1, 0.15) is 0 Å². The summed E-state index contributed by atoms with van der Waals surface area (Å²) in [6.07, 6.45) is 0.417. The lowest BCUT2D eigenvalue weighted by atomic mass is 9.86. The molecule has 0 bridgehead atoms. The molecule has 0 radical (unpaired) electrons. The van der Waals surface area contributed by atoms with Gasteiger partial charge in [-0.1, -0.05) is 30.3 Å². The molecule has 1 N–H and O–H groups in total. The molecule has 1 fully saturated rings. The second kappa shape index (κ2) is 4.45. The number of ether oxygens (including phenoxy) is 1. The molecule has 1 heterocycles. The van der Waals surface area contributed by atoms with Crippen molar-refractivity contribution in [1.29, 1.82) is 0 Å². The van der Waals surface area contributed by atoms with E-state index in [1.165, 1.54) is 0 Å². The average molecular weight is 206 g/mol. The molecule has 1 aromatic carbocycles. The molecule has 0 spiro atoms. The van der Waals surface area contributed by atoms with Crippen molar-refractivity contribution in [3.05, 3.63) is 35.9 Å². The van der Waals surface area contributed by atoms with Crippen LogP contribution in [0.5, 0.6) is 0 Å². The maximum Gasteiger partial charge on any atom is 0.306 e. The average Bonchev–Trinajstić information content (AvgIpc) is 2.68. The van der Waals surface area contributed by atoms with E-state index in [0.29, 0.717) is 13.0 Å². The second-order valence-corrected chi connectivity index (χ2v) is 3.85. The summed E-state index contributed by atoms with van der Waals surface area (Å²) >= 11 is 0. The van der Waals surface area contributed by atoms with Crippen LogP contribution in [0.25, 0.3) is 0 Å². The van der Waals surface area contributed by atoms with Gasteiger partial charge in [0, 0.05) is 11.8 Å². The summed E-state index contributed by atoms with van der Waals surface area (Å²) < 4.78 is 4.92. The molecule has 1 aliphatic heterocycles. The van der Waals surface area contributed by atoms with Gasteiger partial charge in [0.05, 0.1) is 19.6 Å². The number of aliphatic hydroxyl groups excluding tert-OH is 1. The Hall–Kier alpha value is -1.35. The smallest absolute Gasteiger partial charge is 0.306 e. The van der Waals surface area contributed by atoms with Crippen molar-refractivity contribution >= 4 is 5.97 Å². The summed E-state index contributed by atoms with van der Waals surface area (Å²) in [5.74, 6) is -0.0306. The maximum absolute atomic E-state index is 11.0. The lowest BCUT2D eigenvalue weighted by molar-refractivity contribution is -0.137. The fourth-order valence-corrected chi connectivity index (χ4v) is 2.02. The third-order valence-electron chi connectivity index (χ3n) is 2.88. The van der Waals surface area contributed by atoms with Gasteiger partial charge in [-0.05, 0) is 5.56 Å². The number of hydrogen-bond donors (Lipinski definition) is 1. The van der Waals surface area contributed by atoms with E-state index in [9.17, 15) is 9.90 Å². The number of carbonyl (C=O) groups is 1. The van der Waals surface area contributed by atoms with E-state index < -0.39 is 0 Å². The Labute approximate surface area is 88.7 Å². The lowest BCUT2D eigenvalue weighted by Gasteiger charge is -2.19. The van der Waals surface area contributed by atoms with Crippen LogP contribution >= 0.6 is 0 Å². The van der Waals surface area contributed by atoms with Crippen LogP contribution in [0.15, 0.2) is 30.3 Å². The van der Waals surface area contributed by atoms with Gasteiger partial charge < -0.3 is 9.84 Å². The molecule has 0 unspecified atom stereocenters. The molecule has 3 heteroatoms. The summed E-state index contributed by atoms with van der Waals surface area (Å²) in [7, 11) is 0. The van der Waals surface area contributed by atoms with E-state index >= 15 is 0 Å². The number of cyclic esters (lactones) is 1. The van der Waals surface area contributed by atoms with Crippen LogP contribution < -0.4 is 0 Å². The number of esters is 1. The van der Waals surface area contributed by atoms with E-state index in [0.717, 1.165) is 5.56 Å². The normalized spacial score (nSPS) is 22.5. The van der Waals surface area contributed by atoms with Gasteiger partial charge in [-0.3, -0.25) is 4.79 Å². The van der Waals surface area contributed by atoms with E-state index in [1.54, 1.807) is 0 Å². The van der Waals surface area contributed by atoms with E-state index in [2.05, 4.69) is 0 Å². The van der Waals surface area contributed by atoms with Crippen LogP contribution in [0, 0.1) is 5.92 Å². The second-order valence-electron chi connectivity index (χ2n) is 3.85. The molecule has 1 aliphatic rings. The van der Waals surface area contributed by atoms with Gasteiger partial charge in [-0.25, -0.2) is 0 Å². The van der Waals surface area contributed by atoms with Gasteiger partial charge in [-0.15, -0.1) is 0 Å². The SMILES string of the molecule is O=C1C[C@H]([C@H](CO)c2ccccc2)CO1. The van der Waals surface area contributed by atoms with Crippen LogP contribution in [0.3, 0.4) is 0 Å². The summed E-state index contributed by atoms with van der Waals surface area (Å²) in [5.41, 5.74) is 1.07. The highest BCUT2D eigenvalue weighted by Gasteiger charge is 2.31. The minimum Gasteiger partial charge on any atom is -0.465 e. The van der Waals surface area contributed by atoms with Crippen LogP contribution in [0.1, 0.15) is 17.9 Å². The van der Waals surface area contributed by atoms with Crippen LogP contribution in [0.4, 0.5) is 0 Å². The molecule has 80 valence electrons. The number of hydrogen-bond acceptors (Lipinski definition) is 3. The van der Waals surface area contributed by atoms with Crippen molar-refractivity contribution in [2.24, 2.45) is 5.92 Å². The zero-order valence-corrected chi connectivity index (χ0v) is 8.43. The monoisotopic (exact) mass is 206 g/mol. The van der Waals surface area contributed by atoms with Crippen molar-refractivity contribution in [2.75, 3.05) is 13.2 Å². The number of benzene rings is 1. The Balaban J connectivity index is 2.14. The topological polar surface area (TPSA) is 46.5 Å². The van der Waals surface area contributed by atoms with Gasteiger partial charge >= 0.3 is 5.97 Å². The van der Waals surface area contributed by atoms with E-state index in [-0.39, 0.29) is 24.4 Å². The predicted molar refractivity (Wildman–Crippen MR) is 55.3 cm³/mol. The van der Waals surface area contributed by atoms with E-state index in [4.69, 9.17) is 4.74 Å². The molecule has 1 saturated heterocycles. The highest BCUT2D eigenvalue weighted by atomic mass is 16.5. The lowest BCUT2D eigenvalue weighted by Crippen LogP contribution is -2.16. The molecule has 0 amide bonds. The first kappa shape index (κ1) is 10.2. The van der Waals surface area contributed by atoms with Crippen molar-refractivity contribution in [1.82, 2.24) is 0 Å². The first-order valence-electron chi connectivity index (χ1n) is 5.12. The zero-order valence-electron chi connectivity index (χ0n) is 8.43. The summed E-state index contributed by atoms with van der Waals surface area (Å²) in [4.78, 5) is 11.0. The molecule has 1 aromatic rings. The number of carbonyl (C=O) groups excluding carboxylic acids is 1. The Morgan fingerprint density at radius 1 is 1.40 bits per heavy atom. The molecule has 15 heavy (non-hydrogen) atoms. The molecule has 0 saturated carbocycles. The Morgan fingerprint density at radius 2 is 2.13 bits per heavy atom. The quantitative estimate of drug-likeness (QED) is 0.759. The van der Waals surface area contributed by atoms with E-state index in [1.807, 2.05) is 30.3 Å². The highest BCUT2D eigenvalue weighted by Crippen LogP contribution is 2.30. The third-order valence-corrected chi connectivity index (χ3v) is 2.88. The number of rotatable bonds is 3. The van der Waals surface area contributed by atoms with Crippen molar-refractivity contribution in [3.63, 3.8) is 0 Å². The Bertz CT molecular complexity index is 334. The Morgan fingerprint density at radius 3 is 2.67 bits per heavy atom. The first-order valence-corrected chi connectivity index (χ1v) is 5.12. The largest absolute Gasteiger partial charge is 0.465 e. The zero-order chi connectivity index (χ0) is 10.7. The third kappa shape index (κ3) is 2.18. The fourth-order valence-electron chi connectivity index (χ4n) is 2.02. The molecular weight excluding hydrogens is 192 g/mol. The fraction of sp³-hybridized carbons (Fsp3) is 0.417. The van der Waals surface area contributed by atoms with Crippen molar-refractivity contribution in [2.45, 2.75) is 12.3 Å². The molecule has 0 aromatic heterocycles. The van der Waals surface area contributed by atoms with Gasteiger partial charge in [0.2, 0.25) is 0 Å². The Kier molecular flexibility index (Phi) is 3.02. The molecule has 2 rings (SSSR count). The summed E-state index contributed by atoms with van der Waals surface area (Å²) in [6, 6.07) is 9.77. The van der Waals surface area contributed by atoms with Gasteiger partial charge in [-0.2, -0.15) is 0 Å². The summed E-state index contributed by atoms with van der Waals surface area (Å²) in [5, 5.41) is 9.36. The summed E-state index contributed by atoms with van der Waals surface area (Å²) in [6.45, 7) is 0.490. The molecule has 3 nitrogen and oxygen atoms in total. The van der Waals surface area contributed by atoms with Crippen molar-refractivity contribution < 1.29 is 14.6 Å². The maximum atomic E-state index is 11.0. The minimum atomic E-state index is -0.158. The van der Waals surface area contributed by atoms with Crippen molar-refractivity contribution in [3.8, 4) is 0 Å². The predicted octanol–water partition coefficient (Wildman–Crippen LogP) is 1.33. The number of aliphatic hydroxyl groups is 1.